The van der Waals surface area contributed by atoms with Crippen LogP contribution in [-0.2, 0) is 0 Å². The van der Waals surface area contributed by atoms with Gasteiger partial charge in [0.15, 0.2) is 0 Å². The van der Waals surface area contributed by atoms with Gasteiger partial charge in [-0.3, -0.25) is 0 Å². The third-order valence-electron chi connectivity index (χ3n) is 11.5. The van der Waals surface area contributed by atoms with E-state index in [1.165, 1.54) is 27.8 Å². The van der Waals surface area contributed by atoms with E-state index in [4.69, 9.17) is 9.15 Å². The van der Waals surface area contributed by atoms with Crippen LogP contribution in [0.4, 0.5) is 17.1 Å². The lowest BCUT2D eigenvalue weighted by molar-refractivity contribution is 0.270. The normalized spacial score (nSPS) is 15.4. The molecule has 0 radical (unpaired) electrons. The van der Waals surface area contributed by atoms with Gasteiger partial charge in [-0.2, -0.15) is 0 Å². The quantitative estimate of drug-likeness (QED) is 0.163. The molecule has 3 heteroatoms. The van der Waals surface area contributed by atoms with E-state index in [9.17, 15) is 0 Å². The first-order valence-corrected chi connectivity index (χ1v) is 19.6. The van der Waals surface area contributed by atoms with Gasteiger partial charge in [-0.25, -0.2) is 0 Å². The minimum atomic E-state index is 0.0486. The van der Waals surface area contributed by atoms with Crippen molar-refractivity contribution in [3.8, 4) is 50.3 Å². The number of para-hydroxylation sites is 3. The van der Waals surface area contributed by atoms with Gasteiger partial charge in [-0.1, -0.05) is 164 Å². The molecule has 1 aliphatic carbocycles. The predicted molar refractivity (Wildman–Crippen MR) is 236 cm³/mol. The van der Waals surface area contributed by atoms with Crippen LogP contribution in [0.25, 0.3) is 66.4 Å². The van der Waals surface area contributed by atoms with Crippen LogP contribution in [0.15, 0.2) is 217 Å². The maximum atomic E-state index is 6.53. The largest absolute Gasteiger partial charge is 0.484 e. The SMILES string of the molecule is C1=CC2Oc3c(-c4ccc(N(c5ccc(-c6ccc(-c7ccccc7)cc6)cc5)c5ccc(-c6cccc7c6oc6ccccc67)cc5)cc4)cccc3C2C=C1. The second-order valence-corrected chi connectivity index (χ2v) is 14.8. The summed E-state index contributed by atoms with van der Waals surface area (Å²) in [6, 6.07) is 67.1. The average molecular weight is 732 g/mol. The molecule has 0 bridgehead atoms. The number of benzene rings is 8. The standard InChI is InChI=1S/C54H37NO2/c1-2-10-36(11-3-1)37-20-22-38(23-21-37)39-24-30-42(31-25-39)55(43-32-26-40(27-33-43)45-14-8-16-49-47-12-4-6-18-51(47)56-53(45)49)44-34-28-41(29-35-44)46-15-9-17-50-48-13-5-7-19-52(48)57-54(46)50/h1-35,47,51H. The van der Waals surface area contributed by atoms with Crippen LogP contribution in [0.5, 0.6) is 5.75 Å². The number of hydrogen-bond acceptors (Lipinski definition) is 3. The first kappa shape index (κ1) is 33.0. The van der Waals surface area contributed by atoms with E-state index >= 15 is 0 Å². The van der Waals surface area contributed by atoms with Crippen molar-refractivity contribution in [1.82, 2.24) is 0 Å². The third kappa shape index (κ3) is 5.84. The summed E-state index contributed by atoms with van der Waals surface area (Å²) in [6.07, 6.45) is 8.65. The van der Waals surface area contributed by atoms with E-state index in [1.807, 2.05) is 12.1 Å². The fraction of sp³-hybridized carbons (Fsp3) is 0.0370. The van der Waals surface area contributed by atoms with Crippen molar-refractivity contribution in [2.24, 2.45) is 0 Å². The Morgan fingerprint density at radius 2 is 0.895 bits per heavy atom. The number of allylic oxidation sites excluding steroid dienone is 2. The molecule has 270 valence electrons. The van der Waals surface area contributed by atoms with Gasteiger partial charge in [0.2, 0.25) is 0 Å². The van der Waals surface area contributed by atoms with E-state index in [0.717, 1.165) is 67.0 Å². The van der Waals surface area contributed by atoms with E-state index in [-0.39, 0.29) is 12.0 Å². The summed E-state index contributed by atoms with van der Waals surface area (Å²) in [4.78, 5) is 2.33. The molecule has 9 aromatic rings. The van der Waals surface area contributed by atoms with E-state index in [1.54, 1.807) is 0 Å². The Morgan fingerprint density at radius 1 is 0.386 bits per heavy atom. The first-order chi connectivity index (χ1) is 28.2. The second-order valence-electron chi connectivity index (χ2n) is 14.8. The van der Waals surface area contributed by atoms with Crippen LogP contribution in [0.3, 0.4) is 0 Å². The Labute approximate surface area is 332 Å². The molecule has 0 saturated heterocycles. The van der Waals surface area contributed by atoms with Crippen LogP contribution >= 0.6 is 0 Å². The molecule has 0 amide bonds. The highest BCUT2D eigenvalue weighted by molar-refractivity contribution is 6.09. The molecule has 2 atom stereocenters. The predicted octanol–water partition coefficient (Wildman–Crippen LogP) is 14.7. The molecule has 1 aliphatic heterocycles. The second kappa shape index (κ2) is 13.7. The van der Waals surface area contributed by atoms with Gasteiger partial charge in [0.05, 0.1) is 0 Å². The summed E-state index contributed by atoms with van der Waals surface area (Å²) < 4.78 is 12.9. The van der Waals surface area contributed by atoms with Crippen LogP contribution in [0.2, 0.25) is 0 Å². The molecule has 0 N–H and O–H groups in total. The van der Waals surface area contributed by atoms with Crippen LogP contribution in [-0.4, -0.2) is 6.10 Å². The number of hydrogen-bond donors (Lipinski definition) is 0. The van der Waals surface area contributed by atoms with Crippen molar-refractivity contribution >= 4 is 39.0 Å². The molecule has 3 nitrogen and oxygen atoms in total. The zero-order valence-corrected chi connectivity index (χ0v) is 31.1. The maximum Gasteiger partial charge on any atom is 0.143 e. The molecule has 11 rings (SSSR count). The van der Waals surface area contributed by atoms with Crippen molar-refractivity contribution < 1.29 is 9.15 Å². The van der Waals surface area contributed by atoms with Crippen LogP contribution < -0.4 is 9.64 Å². The van der Waals surface area contributed by atoms with Gasteiger partial charge >= 0.3 is 0 Å². The molecule has 57 heavy (non-hydrogen) atoms. The summed E-state index contributed by atoms with van der Waals surface area (Å²) in [6.45, 7) is 0. The van der Waals surface area contributed by atoms with Gasteiger partial charge in [0.1, 0.15) is 23.0 Å². The van der Waals surface area contributed by atoms with Gasteiger partial charge in [-0.05, 0) is 81.9 Å². The minimum Gasteiger partial charge on any atom is -0.484 e. The summed E-state index contributed by atoms with van der Waals surface area (Å²) in [7, 11) is 0. The van der Waals surface area contributed by atoms with E-state index in [2.05, 4.69) is 205 Å². The molecule has 2 aliphatic rings. The fourth-order valence-electron chi connectivity index (χ4n) is 8.58. The molecule has 8 aromatic carbocycles. The topological polar surface area (TPSA) is 25.6 Å². The average Bonchev–Trinajstić information content (AvgIpc) is 3.87. The summed E-state index contributed by atoms with van der Waals surface area (Å²) in [5, 5.41) is 2.26. The first-order valence-electron chi connectivity index (χ1n) is 19.6. The van der Waals surface area contributed by atoms with E-state index < -0.39 is 0 Å². The highest BCUT2D eigenvalue weighted by Gasteiger charge is 2.33. The molecule has 0 spiro atoms. The highest BCUT2D eigenvalue weighted by atomic mass is 16.5. The Hall–Kier alpha value is -7.36. The molecule has 1 aromatic heterocycles. The Balaban J connectivity index is 0.956. The third-order valence-corrected chi connectivity index (χ3v) is 11.5. The van der Waals surface area contributed by atoms with Gasteiger partial charge in [0.25, 0.3) is 0 Å². The lowest BCUT2D eigenvalue weighted by atomic mass is 9.90. The maximum absolute atomic E-state index is 6.53. The van der Waals surface area contributed by atoms with Crippen LogP contribution in [0, 0.1) is 0 Å². The Kier molecular flexibility index (Phi) is 7.96. The van der Waals surface area contributed by atoms with Gasteiger partial charge in [-0.15, -0.1) is 0 Å². The lowest BCUT2D eigenvalue weighted by Crippen LogP contribution is -2.15. The summed E-state index contributed by atoms with van der Waals surface area (Å²) in [5.74, 6) is 1.24. The summed E-state index contributed by atoms with van der Waals surface area (Å²) in [5.41, 5.74) is 15.5. The highest BCUT2D eigenvalue weighted by Crippen LogP contribution is 2.47. The smallest absolute Gasteiger partial charge is 0.143 e. The summed E-state index contributed by atoms with van der Waals surface area (Å²) >= 11 is 0. The fourth-order valence-corrected chi connectivity index (χ4v) is 8.58. The molecule has 0 saturated carbocycles. The number of nitrogens with zero attached hydrogens (tertiary/aromatic N) is 1. The zero-order valence-electron chi connectivity index (χ0n) is 31.1. The van der Waals surface area contributed by atoms with Gasteiger partial charge < -0.3 is 14.1 Å². The Morgan fingerprint density at radius 3 is 1.58 bits per heavy atom. The van der Waals surface area contributed by atoms with Crippen molar-refractivity contribution in [2.75, 3.05) is 4.90 Å². The number of anilines is 3. The Bertz CT molecular complexity index is 2960. The molecule has 2 unspecified atom stereocenters. The van der Waals surface area contributed by atoms with E-state index in [0.29, 0.717) is 0 Å². The lowest BCUT2D eigenvalue weighted by Gasteiger charge is -2.26. The molecule has 0 fully saturated rings. The number of fused-ring (bicyclic) bond motifs is 6. The molecule has 2 heterocycles. The van der Waals surface area contributed by atoms with Crippen molar-refractivity contribution in [3.63, 3.8) is 0 Å². The monoisotopic (exact) mass is 731 g/mol. The number of ether oxygens (including phenoxy) is 1. The van der Waals surface area contributed by atoms with Gasteiger partial charge in [0, 0.05) is 50.4 Å². The molecular formula is C54H37NO2. The zero-order chi connectivity index (χ0) is 37.7. The minimum absolute atomic E-state index is 0.0486. The number of furan rings is 1. The molecular weight excluding hydrogens is 695 g/mol. The van der Waals surface area contributed by atoms with Crippen molar-refractivity contribution in [2.45, 2.75) is 12.0 Å². The number of rotatable bonds is 7. The van der Waals surface area contributed by atoms with Crippen molar-refractivity contribution in [1.29, 1.82) is 0 Å². The van der Waals surface area contributed by atoms with Crippen LogP contribution in [0.1, 0.15) is 11.5 Å². The van der Waals surface area contributed by atoms with Crippen molar-refractivity contribution in [3.05, 3.63) is 218 Å².